The van der Waals surface area contributed by atoms with Crippen LogP contribution in [-0.4, -0.2) is 25.5 Å². The number of nitrogens with one attached hydrogen (secondary N) is 1. The minimum Gasteiger partial charge on any atom is -0.388 e. The molecular weight excluding hydrogens is 361 g/mol. The third kappa shape index (κ3) is 7.61. The van der Waals surface area contributed by atoms with E-state index in [4.69, 9.17) is 5.84 Å². The zero-order chi connectivity index (χ0) is 20.2. The topological polar surface area (TPSA) is 58.4 Å². The van der Waals surface area contributed by atoms with Gasteiger partial charge in [0.1, 0.15) is 5.82 Å². The maximum atomic E-state index is 14.1. The summed E-state index contributed by atoms with van der Waals surface area (Å²) in [6.07, 6.45) is 3.77. The van der Waals surface area contributed by atoms with Gasteiger partial charge in [-0.2, -0.15) is 0 Å². The maximum Gasteiger partial charge on any atom is 0.223 e. The largest absolute Gasteiger partial charge is 0.388 e. The molecular formula is C21H30FN3OS. The van der Waals surface area contributed by atoms with Crippen molar-refractivity contribution in [3.63, 3.8) is 0 Å². The van der Waals surface area contributed by atoms with Gasteiger partial charge in [0.05, 0.1) is 0 Å². The first kappa shape index (κ1) is 23.0. The fourth-order valence-electron chi connectivity index (χ4n) is 2.56. The Labute approximate surface area is 166 Å². The van der Waals surface area contributed by atoms with Crippen LogP contribution in [0.4, 0.5) is 10.1 Å². The molecule has 1 amide bonds. The molecule has 0 aromatic heterocycles. The molecule has 2 rings (SSSR count). The number of anilines is 1. The zero-order valence-corrected chi connectivity index (χ0v) is 17.4. The van der Waals surface area contributed by atoms with Crippen LogP contribution in [0, 0.1) is 5.82 Å². The summed E-state index contributed by atoms with van der Waals surface area (Å²) in [5, 5.41) is 4.02. The molecule has 0 atom stereocenters. The van der Waals surface area contributed by atoms with Gasteiger partial charge in [-0.25, -0.2) is 10.2 Å². The van der Waals surface area contributed by atoms with E-state index in [0.29, 0.717) is 12.2 Å². The lowest BCUT2D eigenvalue weighted by Crippen LogP contribution is -2.23. The second-order valence-electron chi connectivity index (χ2n) is 6.12. The molecule has 27 heavy (non-hydrogen) atoms. The fourth-order valence-corrected chi connectivity index (χ4v) is 3.78. The summed E-state index contributed by atoms with van der Waals surface area (Å²) in [6.45, 7) is 4.36. The van der Waals surface area contributed by atoms with Gasteiger partial charge in [0.2, 0.25) is 6.41 Å². The molecule has 6 heteroatoms. The normalized spacial score (nSPS) is 10.0. The molecule has 148 valence electrons. The first-order valence-electron chi connectivity index (χ1n) is 9.09. The molecule has 2 aromatic rings. The van der Waals surface area contributed by atoms with Crippen LogP contribution in [0.25, 0.3) is 0 Å². The first-order valence-corrected chi connectivity index (χ1v) is 10.1. The highest BCUT2D eigenvalue weighted by molar-refractivity contribution is 7.98. The molecule has 0 aliphatic rings. The molecule has 0 saturated heterocycles. The lowest BCUT2D eigenvalue weighted by atomic mass is 10.1. The van der Waals surface area contributed by atoms with E-state index in [2.05, 4.69) is 37.4 Å². The lowest BCUT2D eigenvalue weighted by molar-refractivity contribution is -0.117. The Balaban J connectivity index is 0.000000646. The van der Waals surface area contributed by atoms with E-state index >= 15 is 0 Å². The van der Waals surface area contributed by atoms with Gasteiger partial charge in [0.15, 0.2) is 0 Å². The molecule has 0 aliphatic carbocycles. The van der Waals surface area contributed by atoms with Crippen LogP contribution in [0.3, 0.4) is 0 Å². The summed E-state index contributed by atoms with van der Waals surface area (Å²) in [5.74, 6) is 5.26. The van der Waals surface area contributed by atoms with Crippen molar-refractivity contribution in [1.82, 2.24) is 5.01 Å². The molecule has 0 heterocycles. The lowest BCUT2D eigenvalue weighted by Gasteiger charge is -2.13. The highest BCUT2D eigenvalue weighted by atomic mass is 32.2. The Kier molecular flexibility index (Phi) is 10.5. The Morgan fingerprint density at radius 3 is 2.52 bits per heavy atom. The predicted octanol–water partition coefficient (Wildman–Crippen LogP) is 4.62. The van der Waals surface area contributed by atoms with Crippen LogP contribution >= 0.6 is 11.8 Å². The van der Waals surface area contributed by atoms with Gasteiger partial charge in [-0.15, -0.1) is 11.8 Å². The maximum absolute atomic E-state index is 14.1. The van der Waals surface area contributed by atoms with Crippen molar-refractivity contribution < 1.29 is 9.18 Å². The van der Waals surface area contributed by atoms with Crippen molar-refractivity contribution in [2.75, 3.05) is 19.4 Å². The summed E-state index contributed by atoms with van der Waals surface area (Å²) < 4.78 is 14.1. The van der Waals surface area contributed by atoms with Crippen molar-refractivity contribution >= 4 is 23.9 Å². The molecule has 3 N–H and O–H groups in total. The minimum absolute atomic E-state index is 0.137. The van der Waals surface area contributed by atoms with Gasteiger partial charge in [-0.05, 0) is 42.2 Å². The van der Waals surface area contributed by atoms with Crippen LogP contribution in [-0.2, 0) is 23.4 Å². The Morgan fingerprint density at radius 2 is 1.96 bits per heavy atom. The number of amides is 1. The van der Waals surface area contributed by atoms with Gasteiger partial charge in [0, 0.05) is 36.0 Å². The van der Waals surface area contributed by atoms with E-state index in [0.717, 1.165) is 35.5 Å². The Bertz CT molecular complexity index is 723. The van der Waals surface area contributed by atoms with E-state index in [-0.39, 0.29) is 5.82 Å². The minimum atomic E-state index is -0.137. The predicted molar refractivity (Wildman–Crippen MR) is 113 cm³/mol. The molecule has 0 bridgehead atoms. The van der Waals surface area contributed by atoms with E-state index in [1.54, 1.807) is 17.8 Å². The number of nitrogens with two attached hydrogens (primary N) is 1. The Morgan fingerprint density at radius 1 is 1.26 bits per heavy atom. The van der Waals surface area contributed by atoms with E-state index in [1.807, 2.05) is 13.1 Å². The average molecular weight is 392 g/mol. The van der Waals surface area contributed by atoms with Crippen molar-refractivity contribution in [3.05, 3.63) is 58.9 Å². The zero-order valence-electron chi connectivity index (χ0n) is 16.6. The number of rotatable bonds is 8. The van der Waals surface area contributed by atoms with E-state index < -0.39 is 0 Å². The van der Waals surface area contributed by atoms with Crippen molar-refractivity contribution in [2.45, 2.75) is 43.8 Å². The van der Waals surface area contributed by atoms with Crippen molar-refractivity contribution in [2.24, 2.45) is 5.84 Å². The average Bonchev–Trinajstić information content (AvgIpc) is 2.67. The number of hydrogen-bond donors (Lipinski definition) is 2. The van der Waals surface area contributed by atoms with Crippen LogP contribution in [0.1, 0.15) is 37.0 Å². The van der Waals surface area contributed by atoms with Crippen LogP contribution in [0.2, 0.25) is 0 Å². The molecule has 0 spiro atoms. The molecule has 2 aromatic carbocycles. The quantitative estimate of drug-likeness (QED) is 0.227. The standard InChI is InChI=1S/C19H24FNS.C2H6N2O/c1-4-7-14-10-11-15(5-2)19(12-14)22-13-16-17(20)8-6-9-18(16)21-3;1-4(3)2-5/h6,8-12,21H,4-5,7,13H2,1-3H3;2H,3H2,1H3. The van der Waals surface area contributed by atoms with Gasteiger partial charge in [-0.3, -0.25) is 9.80 Å². The summed E-state index contributed by atoms with van der Waals surface area (Å²) in [5.41, 5.74) is 4.32. The molecule has 4 nitrogen and oxygen atoms in total. The SMILES string of the molecule is CCCc1ccc(CC)c(SCc2c(F)cccc2NC)c1.CN(N)C=O. The molecule has 0 fully saturated rings. The summed E-state index contributed by atoms with van der Waals surface area (Å²) in [4.78, 5) is 10.6. The van der Waals surface area contributed by atoms with E-state index in [1.165, 1.54) is 29.1 Å². The Hall–Kier alpha value is -2.05. The fraction of sp³-hybridized carbons (Fsp3) is 0.381. The van der Waals surface area contributed by atoms with Gasteiger partial charge >= 0.3 is 0 Å². The number of halogens is 1. The smallest absolute Gasteiger partial charge is 0.223 e. The summed E-state index contributed by atoms with van der Waals surface area (Å²) in [6, 6.07) is 11.9. The third-order valence-corrected chi connectivity index (χ3v) is 5.10. The van der Waals surface area contributed by atoms with Gasteiger partial charge in [-0.1, -0.05) is 38.5 Å². The highest BCUT2D eigenvalue weighted by Crippen LogP contribution is 2.31. The third-order valence-electron chi connectivity index (χ3n) is 3.98. The monoisotopic (exact) mass is 391 g/mol. The van der Waals surface area contributed by atoms with Gasteiger partial charge < -0.3 is 5.32 Å². The van der Waals surface area contributed by atoms with Crippen molar-refractivity contribution in [3.8, 4) is 0 Å². The first-order chi connectivity index (χ1) is 13.0. The van der Waals surface area contributed by atoms with Crippen LogP contribution in [0.15, 0.2) is 41.3 Å². The number of carbonyl (C=O) groups is 1. The van der Waals surface area contributed by atoms with Crippen molar-refractivity contribution in [1.29, 1.82) is 0 Å². The summed E-state index contributed by atoms with van der Waals surface area (Å²) in [7, 11) is 3.30. The highest BCUT2D eigenvalue weighted by Gasteiger charge is 2.10. The van der Waals surface area contributed by atoms with Crippen LogP contribution < -0.4 is 11.2 Å². The molecule has 0 aliphatic heterocycles. The number of aryl methyl sites for hydroxylation is 2. The molecule has 0 radical (unpaired) electrons. The van der Waals surface area contributed by atoms with Crippen LogP contribution in [0.5, 0.6) is 0 Å². The molecule has 0 saturated carbocycles. The number of carbonyl (C=O) groups excluding carboxylic acids is 1. The van der Waals surface area contributed by atoms with Gasteiger partial charge in [0.25, 0.3) is 0 Å². The second kappa shape index (κ2) is 12.4. The number of nitrogens with zero attached hydrogens (tertiary/aromatic N) is 1. The number of hydrazine groups is 1. The summed E-state index contributed by atoms with van der Waals surface area (Å²) >= 11 is 1.73. The number of benzene rings is 2. The van der Waals surface area contributed by atoms with E-state index in [9.17, 15) is 9.18 Å². The molecule has 0 unspecified atom stereocenters. The second-order valence-corrected chi connectivity index (χ2v) is 7.14. The number of thioether (sulfide) groups is 1. The number of hydrogen-bond acceptors (Lipinski definition) is 4.